The Bertz CT molecular complexity index is 169. The summed E-state index contributed by atoms with van der Waals surface area (Å²) in [6, 6.07) is 0. The van der Waals surface area contributed by atoms with Crippen LogP contribution in [0.15, 0.2) is 0 Å². The van der Waals surface area contributed by atoms with Gasteiger partial charge in [0.05, 0.1) is 0 Å². The Kier molecular flexibility index (Phi) is 6.01. The lowest BCUT2D eigenvalue weighted by atomic mass is 9.76. The fourth-order valence-electron chi connectivity index (χ4n) is 2.14. The van der Waals surface area contributed by atoms with E-state index in [9.17, 15) is 4.79 Å². The molecule has 1 atom stereocenters. The number of hydrogen-bond donors (Lipinski definition) is 1. The van der Waals surface area contributed by atoms with Gasteiger partial charge in [0.2, 0.25) is 0 Å². The van der Waals surface area contributed by atoms with Gasteiger partial charge in [0.1, 0.15) is 5.78 Å². The lowest BCUT2D eigenvalue weighted by Crippen LogP contribution is -2.33. The third-order valence-electron chi connectivity index (χ3n) is 2.79. The van der Waals surface area contributed by atoms with E-state index in [1.54, 1.807) is 6.92 Å². The van der Waals surface area contributed by atoms with Crippen molar-refractivity contribution >= 4 is 5.78 Å². The van der Waals surface area contributed by atoms with Gasteiger partial charge in [-0.2, -0.15) is 0 Å². The third kappa shape index (κ3) is 3.41. The van der Waals surface area contributed by atoms with Crippen molar-refractivity contribution in [2.45, 2.75) is 47.5 Å². The summed E-state index contributed by atoms with van der Waals surface area (Å²) in [6.07, 6.45) is 2.07. The lowest BCUT2D eigenvalue weighted by molar-refractivity contribution is -0.126. The van der Waals surface area contributed by atoms with Gasteiger partial charge >= 0.3 is 0 Å². The summed E-state index contributed by atoms with van der Waals surface area (Å²) < 4.78 is 0. The highest BCUT2D eigenvalue weighted by Gasteiger charge is 2.38. The Hall–Kier alpha value is -0.370. The van der Waals surface area contributed by atoms with E-state index < -0.39 is 0 Å². The molecule has 2 heteroatoms. The molecule has 2 nitrogen and oxygen atoms in total. The van der Waals surface area contributed by atoms with Crippen molar-refractivity contribution in [1.82, 2.24) is 5.32 Å². The van der Waals surface area contributed by atoms with E-state index in [2.05, 4.69) is 19.2 Å². The van der Waals surface area contributed by atoms with Crippen LogP contribution in [0.4, 0.5) is 0 Å². The molecule has 14 heavy (non-hydrogen) atoms. The second-order valence-corrected chi connectivity index (χ2v) is 4.36. The predicted molar refractivity (Wildman–Crippen MR) is 61.4 cm³/mol. The highest BCUT2D eigenvalue weighted by atomic mass is 16.1. The summed E-state index contributed by atoms with van der Waals surface area (Å²) in [7, 11) is 0. The number of nitrogens with one attached hydrogen (secondary N) is 1. The molecule has 1 saturated heterocycles. The first-order chi connectivity index (χ1) is 6.57. The van der Waals surface area contributed by atoms with E-state index in [1.165, 1.54) is 0 Å². The topological polar surface area (TPSA) is 29.1 Å². The summed E-state index contributed by atoms with van der Waals surface area (Å²) in [5.41, 5.74) is -0.0336. The molecule has 0 aromatic rings. The molecular weight excluding hydrogens is 174 g/mol. The molecule has 0 spiro atoms. The van der Waals surface area contributed by atoms with E-state index in [0.717, 1.165) is 25.9 Å². The molecule has 0 aromatic heterocycles. The van der Waals surface area contributed by atoms with Crippen molar-refractivity contribution < 1.29 is 4.79 Å². The maximum Gasteiger partial charge on any atom is 0.137 e. The molecule has 0 radical (unpaired) electrons. The molecule has 1 N–H and O–H groups in total. The van der Waals surface area contributed by atoms with Crippen LogP contribution in [0, 0.1) is 11.3 Å². The van der Waals surface area contributed by atoms with Crippen molar-refractivity contribution in [1.29, 1.82) is 0 Å². The monoisotopic (exact) mass is 199 g/mol. The van der Waals surface area contributed by atoms with E-state index in [0.29, 0.717) is 11.7 Å². The average Bonchev–Trinajstić information content (AvgIpc) is 2.57. The molecule has 0 bridgehead atoms. The largest absolute Gasteiger partial charge is 0.316 e. The van der Waals surface area contributed by atoms with E-state index >= 15 is 0 Å². The van der Waals surface area contributed by atoms with Crippen LogP contribution in [0.1, 0.15) is 47.5 Å². The first kappa shape index (κ1) is 13.6. The number of carbonyl (C=O) groups excluding carboxylic acids is 1. The van der Waals surface area contributed by atoms with Crippen LogP contribution in [0.5, 0.6) is 0 Å². The maximum absolute atomic E-state index is 11.5. The number of hydrogen-bond acceptors (Lipinski definition) is 2. The van der Waals surface area contributed by atoms with Gasteiger partial charge in [0, 0.05) is 12.0 Å². The Morgan fingerprint density at radius 3 is 2.29 bits per heavy atom. The van der Waals surface area contributed by atoms with Crippen LogP contribution in [-0.2, 0) is 4.79 Å². The molecule has 0 aliphatic carbocycles. The van der Waals surface area contributed by atoms with E-state index in [1.807, 2.05) is 13.8 Å². The van der Waals surface area contributed by atoms with Crippen LogP contribution < -0.4 is 5.32 Å². The van der Waals surface area contributed by atoms with Crippen molar-refractivity contribution in [2.75, 3.05) is 13.1 Å². The molecule has 0 aromatic carbocycles. The van der Waals surface area contributed by atoms with Gasteiger partial charge in [-0.1, -0.05) is 27.7 Å². The van der Waals surface area contributed by atoms with Gasteiger partial charge in [0.25, 0.3) is 0 Å². The van der Waals surface area contributed by atoms with Crippen LogP contribution in [0.3, 0.4) is 0 Å². The molecule has 0 saturated carbocycles. The standard InChI is InChI=1S/C10H19NO.C2H6/c1-8(2)6-10(9(3)12)4-5-11-7-10;1-2/h8,11H,4-7H2,1-3H3;1-2H3. The Morgan fingerprint density at radius 1 is 1.43 bits per heavy atom. The normalized spacial score (nSPS) is 25.9. The summed E-state index contributed by atoms with van der Waals surface area (Å²) in [5, 5.41) is 3.28. The van der Waals surface area contributed by atoms with Crippen molar-refractivity contribution in [2.24, 2.45) is 11.3 Å². The average molecular weight is 199 g/mol. The molecular formula is C12H25NO. The Balaban J connectivity index is 0.000000791. The van der Waals surface area contributed by atoms with Gasteiger partial charge in [-0.3, -0.25) is 4.79 Å². The lowest BCUT2D eigenvalue weighted by Gasteiger charge is -2.26. The molecule has 1 unspecified atom stereocenters. The van der Waals surface area contributed by atoms with Gasteiger partial charge < -0.3 is 5.32 Å². The molecule has 1 aliphatic heterocycles. The van der Waals surface area contributed by atoms with Crippen molar-refractivity contribution in [3.8, 4) is 0 Å². The first-order valence-corrected chi connectivity index (χ1v) is 5.78. The Labute approximate surface area is 88.5 Å². The first-order valence-electron chi connectivity index (χ1n) is 5.78. The van der Waals surface area contributed by atoms with E-state index in [-0.39, 0.29) is 5.41 Å². The van der Waals surface area contributed by atoms with Crippen LogP contribution in [0.25, 0.3) is 0 Å². The van der Waals surface area contributed by atoms with Crippen LogP contribution >= 0.6 is 0 Å². The third-order valence-corrected chi connectivity index (χ3v) is 2.79. The van der Waals surface area contributed by atoms with Gasteiger partial charge in [-0.25, -0.2) is 0 Å². The van der Waals surface area contributed by atoms with E-state index in [4.69, 9.17) is 0 Å². The summed E-state index contributed by atoms with van der Waals surface area (Å²) in [6.45, 7) is 12.0. The molecule has 1 aliphatic rings. The number of Topliss-reactive ketones (excluding diaryl/α,β-unsaturated/α-hetero) is 1. The summed E-state index contributed by atoms with van der Waals surface area (Å²) in [5.74, 6) is 0.981. The quantitative estimate of drug-likeness (QED) is 0.757. The van der Waals surface area contributed by atoms with Crippen molar-refractivity contribution in [3.05, 3.63) is 0 Å². The number of ketones is 1. The Morgan fingerprint density at radius 2 is 2.00 bits per heavy atom. The minimum atomic E-state index is -0.0336. The highest BCUT2D eigenvalue weighted by Crippen LogP contribution is 2.33. The molecule has 1 rings (SSSR count). The molecule has 1 heterocycles. The van der Waals surface area contributed by atoms with Crippen LogP contribution in [0.2, 0.25) is 0 Å². The smallest absolute Gasteiger partial charge is 0.137 e. The minimum absolute atomic E-state index is 0.0336. The zero-order valence-corrected chi connectivity index (χ0v) is 10.3. The summed E-state index contributed by atoms with van der Waals surface area (Å²) >= 11 is 0. The maximum atomic E-state index is 11.5. The second-order valence-electron chi connectivity index (χ2n) is 4.36. The van der Waals surface area contributed by atoms with Crippen molar-refractivity contribution in [3.63, 3.8) is 0 Å². The highest BCUT2D eigenvalue weighted by molar-refractivity contribution is 5.83. The zero-order chi connectivity index (χ0) is 11.2. The minimum Gasteiger partial charge on any atom is -0.316 e. The van der Waals surface area contributed by atoms with Gasteiger partial charge in [0.15, 0.2) is 0 Å². The second kappa shape index (κ2) is 6.18. The fourth-order valence-corrected chi connectivity index (χ4v) is 2.14. The van der Waals surface area contributed by atoms with Crippen LogP contribution in [-0.4, -0.2) is 18.9 Å². The molecule has 1 fully saturated rings. The molecule has 84 valence electrons. The number of rotatable bonds is 3. The zero-order valence-electron chi connectivity index (χ0n) is 10.3. The SMILES string of the molecule is CC.CC(=O)C1(CC(C)C)CCNC1. The van der Waals surface area contributed by atoms with Gasteiger partial charge in [-0.05, 0) is 32.2 Å². The molecule has 0 amide bonds. The fraction of sp³-hybridized carbons (Fsp3) is 0.917. The number of carbonyl (C=O) groups is 1. The van der Waals surface area contributed by atoms with Gasteiger partial charge in [-0.15, -0.1) is 0 Å². The predicted octanol–water partition coefficient (Wildman–Crippen LogP) is 2.63. The summed E-state index contributed by atoms with van der Waals surface area (Å²) in [4.78, 5) is 11.5.